The van der Waals surface area contributed by atoms with Crippen molar-refractivity contribution in [2.75, 3.05) is 33.4 Å². The number of carbonyl (C=O) groups is 1. The third-order valence-corrected chi connectivity index (χ3v) is 6.37. The number of unbranched alkanes of at least 4 members (excludes halogenated alkanes) is 1. The van der Waals surface area contributed by atoms with Crippen LogP contribution in [0.25, 0.3) is 0 Å². The lowest BCUT2D eigenvalue weighted by molar-refractivity contribution is -0.118. The van der Waals surface area contributed by atoms with Gasteiger partial charge in [-0.25, -0.2) is 9.97 Å². The number of ketones is 1. The van der Waals surface area contributed by atoms with E-state index in [1.165, 1.54) is 24.0 Å². The van der Waals surface area contributed by atoms with Gasteiger partial charge in [-0.15, -0.1) is 0 Å². The van der Waals surface area contributed by atoms with Crippen LogP contribution in [0.4, 0.5) is 0 Å². The molecule has 6 heteroatoms. The molecule has 1 unspecified atom stereocenters. The van der Waals surface area contributed by atoms with Crippen molar-refractivity contribution in [3.8, 4) is 5.75 Å². The second-order valence-corrected chi connectivity index (χ2v) is 9.38. The van der Waals surface area contributed by atoms with Crippen molar-refractivity contribution in [2.45, 2.75) is 84.6 Å². The molecule has 1 saturated heterocycles. The van der Waals surface area contributed by atoms with Gasteiger partial charge >= 0.3 is 0 Å². The summed E-state index contributed by atoms with van der Waals surface area (Å²) in [6.07, 6.45) is 11.3. The largest absolute Gasteiger partial charge is 0.493 e. The van der Waals surface area contributed by atoms with Crippen LogP contribution in [0.2, 0.25) is 0 Å². The minimum absolute atomic E-state index is 0.231. The molecule has 2 aliphatic heterocycles. The van der Waals surface area contributed by atoms with Crippen molar-refractivity contribution in [2.24, 2.45) is 0 Å². The van der Waals surface area contributed by atoms with Crippen LogP contribution >= 0.6 is 0 Å². The molecule has 194 valence electrons. The Bertz CT molecular complexity index is 856. The average Bonchev–Trinajstić information content (AvgIpc) is 3.50. The summed E-state index contributed by atoms with van der Waals surface area (Å²) < 4.78 is 10.3. The summed E-state index contributed by atoms with van der Waals surface area (Å²) in [4.78, 5) is 22.7. The van der Waals surface area contributed by atoms with Crippen LogP contribution < -0.4 is 4.74 Å². The van der Waals surface area contributed by atoms with Crippen LogP contribution in [-0.2, 0) is 22.4 Å². The lowest BCUT2D eigenvalue weighted by Crippen LogP contribution is -2.34. The molecule has 0 radical (unpaired) electrons. The normalized spacial score (nSPS) is 18.5. The van der Waals surface area contributed by atoms with E-state index in [1.807, 2.05) is 6.07 Å². The van der Waals surface area contributed by atoms with Gasteiger partial charge in [0.05, 0.1) is 13.2 Å². The van der Waals surface area contributed by atoms with Crippen molar-refractivity contribution < 1.29 is 14.3 Å². The van der Waals surface area contributed by atoms with Crippen molar-refractivity contribution in [1.82, 2.24) is 14.9 Å². The molecule has 1 aromatic carbocycles. The van der Waals surface area contributed by atoms with E-state index >= 15 is 0 Å². The lowest BCUT2D eigenvalue weighted by atomic mass is 9.93. The second kappa shape index (κ2) is 16.4. The number of rotatable bonds is 9. The smallest absolute Gasteiger partial charge is 0.143 e. The van der Waals surface area contributed by atoms with Gasteiger partial charge < -0.3 is 9.47 Å². The minimum Gasteiger partial charge on any atom is -0.493 e. The molecule has 0 amide bonds. The maximum atomic E-state index is 11.7. The fourth-order valence-corrected chi connectivity index (χ4v) is 4.43. The molecule has 1 aromatic heterocycles. The van der Waals surface area contributed by atoms with Crippen LogP contribution in [0.1, 0.15) is 82.7 Å². The number of methoxy groups -OCH3 is 1. The Kier molecular flexibility index (Phi) is 13.5. The molecule has 2 aromatic rings. The summed E-state index contributed by atoms with van der Waals surface area (Å²) in [5.41, 5.74) is 2.70. The maximum absolute atomic E-state index is 11.7. The molecule has 0 N–H and O–H groups in total. The van der Waals surface area contributed by atoms with E-state index in [0.717, 1.165) is 63.4 Å². The zero-order chi connectivity index (χ0) is 25.5. The Morgan fingerprint density at radius 2 is 1.89 bits per heavy atom. The number of ether oxygens (including phenoxy) is 2. The van der Waals surface area contributed by atoms with Gasteiger partial charge in [-0.3, -0.25) is 9.69 Å². The summed E-state index contributed by atoms with van der Waals surface area (Å²) in [5, 5.41) is 0. The summed E-state index contributed by atoms with van der Waals surface area (Å²) in [6.45, 7) is 11.3. The first kappa shape index (κ1) is 28.9. The predicted octanol–water partition coefficient (Wildman–Crippen LogP) is 5.64. The van der Waals surface area contributed by atoms with E-state index in [0.29, 0.717) is 18.5 Å². The van der Waals surface area contributed by atoms with Gasteiger partial charge in [0.25, 0.3) is 0 Å². The van der Waals surface area contributed by atoms with Gasteiger partial charge in [-0.1, -0.05) is 45.7 Å². The van der Waals surface area contributed by atoms with Crippen molar-refractivity contribution in [3.63, 3.8) is 0 Å². The SMILES string of the molecule is CC(=O)CN1CC(c2ccc3c(c2)CCO3)C[C@@H]1CCc1ncccn1.CCCC.CCCOC. The van der Waals surface area contributed by atoms with Crippen LogP contribution in [0.5, 0.6) is 5.75 Å². The number of aryl methyl sites for hydroxylation is 1. The number of nitrogens with zero attached hydrogens (tertiary/aromatic N) is 3. The Hall–Kier alpha value is -2.31. The highest BCUT2D eigenvalue weighted by Gasteiger charge is 2.33. The Labute approximate surface area is 212 Å². The summed E-state index contributed by atoms with van der Waals surface area (Å²) in [7, 11) is 1.71. The predicted molar refractivity (Wildman–Crippen MR) is 142 cm³/mol. The molecular weight excluding hydrogens is 438 g/mol. The zero-order valence-electron chi connectivity index (χ0n) is 22.5. The van der Waals surface area contributed by atoms with Gasteiger partial charge in [0.15, 0.2) is 0 Å². The molecule has 0 spiro atoms. The number of hydrogen-bond acceptors (Lipinski definition) is 6. The van der Waals surface area contributed by atoms with Crippen LogP contribution in [0.3, 0.4) is 0 Å². The van der Waals surface area contributed by atoms with E-state index in [-0.39, 0.29) is 5.78 Å². The molecule has 0 bridgehead atoms. The highest BCUT2D eigenvalue weighted by atomic mass is 16.5. The molecule has 6 nitrogen and oxygen atoms in total. The van der Waals surface area contributed by atoms with E-state index in [4.69, 9.17) is 9.47 Å². The van der Waals surface area contributed by atoms with E-state index < -0.39 is 0 Å². The molecule has 3 heterocycles. The number of likely N-dealkylation sites (tertiary alicyclic amines) is 1. The number of aromatic nitrogens is 2. The van der Waals surface area contributed by atoms with Crippen molar-refractivity contribution in [1.29, 1.82) is 0 Å². The first-order valence-corrected chi connectivity index (χ1v) is 13.3. The highest BCUT2D eigenvalue weighted by molar-refractivity contribution is 5.77. The minimum atomic E-state index is 0.231. The maximum Gasteiger partial charge on any atom is 0.143 e. The molecule has 0 aliphatic carbocycles. The average molecular weight is 484 g/mol. The van der Waals surface area contributed by atoms with Gasteiger partial charge in [0.1, 0.15) is 17.4 Å². The quantitative estimate of drug-likeness (QED) is 0.460. The Balaban J connectivity index is 0.000000414. The van der Waals surface area contributed by atoms with Crippen LogP contribution in [0, 0.1) is 0 Å². The topological polar surface area (TPSA) is 64.6 Å². The molecule has 2 atom stereocenters. The third kappa shape index (κ3) is 10.1. The molecule has 1 fully saturated rings. The molecule has 35 heavy (non-hydrogen) atoms. The van der Waals surface area contributed by atoms with Gasteiger partial charge in [0, 0.05) is 51.5 Å². The number of fused-ring (bicyclic) bond motifs is 1. The second-order valence-electron chi connectivity index (χ2n) is 9.38. The fraction of sp³-hybridized carbons (Fsp3) is 0.621. The van der Waals surface area contributed by atoms with Gasteiger partial charge in [0.2, 0.25) is 0 Å². The first-order chi connectivity index (χ1) is 17.0. The van der Waals surface area contributed by atoms with E-state index in [9.17, 15) is 4.79 Å². The summed E-state index contributed by atoms with van der Waals surface area (Å²) in [6, 6.07) is 8.86. The summed E-state index contributed by atoms with van der Waals surface area (Å²) in [5.74, 6) is 2.62. The third-order valence-electron chi connectivity index (χ3n) is 6.37. The lowest BCUT2D eigenvalue weighted by Gasteiger charge is -2.22. The zero-order valence-corrected chi connectivity index (χ0v) is 22.5. The Morgan fingerprint density at radius 1 is 1.14 bits per heavy atom. The van der Waals surface area contributed by atoms with Crippen LogP contribution in [-0.4, -0.2) is 60.1 Å². The van der Waals surface area contributed by atoms with E-state index in [2.05, 4.69) is 53.8 Å². The molecule has 2 aliphatic rings. The highest BCUT2D eigenvalue weighted by Crippen LogP contribution is 2.36. The molecular formula is C29H45N3O3. The van der Waals surface area contributed by atoms with Gasteiger partial charge in [-0.2, -0.15) is 0 Å². The fourth-order valence-electron chi connectivity index (χ4n) is 4.43. The van der Waals surface area contributed by atoms with Gasteiger partial charge in [-0.05, 0) is 55.4 Å². The summed E-state index contributed by atoms with van der Waals surface area (Å²) >= 11 is 0. The van der Waals surface area contributed by atoms with Crippen molar-refractivity contribution >= 4 is 5.78 Å². The van der Waals surface area contributed by atoms with Crippen molar-refractivity contribution in [3.05, 3.63) is 53.6 Å². The van der Waals surface area contributed by atoms with Crippen LogP contribution in [0.15, 0.2) is 36.7 Å². The monoisotopic (exact) mass is 483 g/mol. The number of benzene rings is 1. The molecule has 4 rings (SSSR count). The number of hydrogen-bond donors (Lipinski definition) is 0. The molecule has 0 saturated carbocycles. The number of carbonyl (C=O) groups excluding carboxylic acids is 1. The number of Topliss-reactive ketones (excluding diaryl/α,β-unsaturated/α-hetero) is 1. The Morgan fingerprint density at radius 3 is 2.49 bits per heavy atom. The first-order valence-electron chi connectivity index (χ1n) is 13.3. The standard InChI is InChI=1S/C21H25N3O2.C4H10O.C4H10/c1-15(25)13-24-14-18(16-3-5-20-17(11-16)7-10-26-20)12-19(24)4-6-21-22-8-2-9-23-21;1-3-4-5-2;1-3-4-2/h2-3,5,8-9,11,18-19H,4,6-7,10,12-14H2,1H3;3-4H2,1-2H3;3-4H2,1-2H3/t18?,19-;;/m0../s1. The van der Waals surface area contributed by atoms with E-state index in [1.54, 1.807) is 26.4 Å².